The van der Waals surface area contributed by atoms with Crippen LogP contribution in [-0.2, 0) is 6.54 Å². The molecule has 0 radical (unpaired) electrons. The van der Waals surface area contributed by atoms with Gasteiger partial charge in [-0.3, -0.25) is 4.68 Å². The van der Waals surface area contributed by atoms with Crippen molar-refractivity contribution >= 4 is 5.82 Å². The summed E-state index contributed by atoms with van der Waals surface area (Å²) in [4.78, 5) is 0. The Labute approximate surface area is 124 Å². The van der Waals surface area contributed by atoms with Gasteiger partial charge in [0.15, 0.2) is 5.82 Å². The molecule has 0 aliphatic heterocycles. The highest BCUT2D eigenvalue weighted by Crippen LogP contribution is 2.42. The molecule has 2 aliphatic carbocycles. The minimum absolute atomic E-state index is 0.556. The van der Waals surface area contributed by atoms with E-state index in [4.69, 9.17) is 10.8 Å². The summed E-state index contributed by atoms with van der Waals surface area (Å²) in [5.74, 6) is 1.14. The quantitative estimate of drug-likeness (QED) is 0.937. The van der Waals surface area contributed by atoms with Gasteiger partial charge in [-0.1, -0.05) is 24.5 Å². The van der Waals surface area contributed by atoms with Gasteiger partial charge in [0.05, 0.1) is 24.0 Å². The SMILES string of the molecule is Nc1nnn(Cc2ccn(C3CCCCC3)n2)c1C1CC1. The molecular weight excluding hydrogens is 264 g/mol. The number of rotatable bonds is 4. The fraction of sp³-hybridized carbons (Fsp3) is 0.667. The number of aromatic nitrogens is 5. The molecule has 0 amide bonds. The van der Waals surface area contributed by atoms with E-state index in [0.717, 1.165) is 11.4 Å². The van der Waals surface area contributed by atoms with E-state index < -0.39 is 0 Å². The largest absolute Gasteiger partial charge is 0.381 e. The van der Waals surface area contributed by atoms with Gasteiger partial charge in [-0.05, 0) is 31.7 Å². The first-order valence-electron chi connectivity index (χ1n) is 8.04. The van der Waals surface area contributed by atoms with Crippen molar-refractivity contribution in [2.45, 2.75) is 63.5 Å². The van der Waals surface area contributed by atoms with Gasteiger partial charge in [0.2, 0.25) is 0 Å². The fourth-order valence-corrected chi connectivity index (χ4v) is 3.39. The molecule has 2 heterocycles. The topological polar surface area (TPSA) is 74.5 Å². The van der Waals surface area contributed by atoms with E-state index >= 15 is 0 Å². The Bertz CT molecular complexity index is 618. The maximum Gasteiger partial charge on any atom is 0.169 e. The third kappa shape index (κ3) is 2.54. The smallest absolute Gasteiger partial charge is 0.169 e. The Kier molecular flexibility index (Phi) is 3.16. The summed E-state index contributed by atoms with van der Waals surface area (Å²) in [6.07, 6.45) is 11.0. The number of nitrogens with zero attached hydrogens (tertiary/aromatic N) is 5. The second kappa shape index (κ2) is 5.16. The van der Waals surface area contributed by atoms with Gasteiger partial charge < -0.3 is 5.73 Å². The van der Waals surface area contributed by atoms with Crippen molar-refractivity contribution < 1.29 is 0 Å². The third-order valence-electron chi connectivity index (χ3n) is 4.69. The van der Waals surface area contributed by atoms with Crippen LogP contribution in [0.15, 0.2) is 12.3 Å². The van der Waals surface area contributed by atoms with Crippen LogP contribution in [0.25, 0.3) is 0 Å². The van der Waals surface area contributed by atoms with Crippen LogP contribution in [0.4, 0.5) is 5.82 Å². The molecule has 0 unspecified atom stereocenters. The molecule has 0 bridgehead atoms. The first-order chi connectivity index (χ1) is 10.3. The van der Waals surface area contributed by atoms with Crippen LogP contribution in [-0.4, -0.2) is 24.8 Å². The molecule has 2 aromatic rings. The van der Waals surface area contributed by atoms with Crippen LogP contribution in [0, 0.1) is 0 Å². The molecule has 0 aromatic carbocycles. The van der Waals surface area contributed by atoms with E-state index in [-0.39, 0.29) is 0 Å². The number of anilines is 1. The summed E-state index contributed by atoms with van der Waals surface area (Å²) < 4.78 is 4.08. The van der Waals surface area contributed by atoms with E-state index in [1.807, 2.05) is 4.68 Å². The normalized spacial score (nSPS) is 20.0. The van der Waals surface area contributed by atoms with Crippen LogP contribution in [0.1, 0.15) is 68.3 Å². The number of nitrogens with two attached hydrogens (primary N) is 1. The molecule has 2 aromatic heterocycles. The first kappa shape index (κ1) is 12.9. The molecule has 2 fully saturated rings. The number of nitrogen functional groups attached to an aromatic ring is 1. The summed E-state index contributed by atoms with van der Waals surface area (Å²) >= 11 is 0. The van der Waals surface area contributed by atoms with Crippen molar-refractivity contribution in [3.8, 4) is 0 Å². The molecule has 112 valence electrons. The lowest BCUT2D eigenvalue weighted by Gasteiger charge is -2.21. The molecule has 0 saturated heterocycles. The van der Waals surface area contributed by atoms with Crippen molar-refractivity contribution in [1.29, 1.82) is 0 Å². The molecule has 0 spiro atoms. The van der Waals surface area contributed by atoms with Gasteiger partial charge in [0, 0.05) is 12.1 Å². The Morgan fingerprint density at radius 1 is 1.14 bits per heavy atom. The summed E-state index contributed by atoms with van der Waals surface area (Å²) in [6, 6.07) is 2.68. The van der Waals surface area contributed by atoms with Crippen molar-refractivity contribution in [1.82, 2.24) is 24.8 Å². The summed E-state index contributed by atoms with van der Waals surface area (Å²) in [7, 11) is 0. The Morgan fingerprint density at radius 2 is 1.95 bits per heavy atom. The van der Waals surface area contributed by atoms with Crippen molar-refractivity contribution in [3.63, 3.8) is 0 Å². The highest BCUT2D eigenvalue weighted by molar-refractivity contribution is 5.38. The van der Waals surface area contributed by atoms with Crippen LogP contribution in [0.3, 0.4) is 0 Å². The lowest BCUT2D eigenvalue weighted by molar-refractivity contribution is 0.327. The lowest BCUT2D eigenvalue weighted by atomic mass is 9.96. The molecule has 4 rings (SSSR count). The van der Waals surface area contributed by atoms with Crippen molar-refractivity contribution in [2.75, 3.05) is 5.73 Å². The van der Waals surface area contributed by atoms with Crippen LogP contribution in [0.2, 0.25) is 0 Å². The van der Waals surface area contributed by atoms with Crippen molar-refractivity contribution in [2.24, 2.45) is 0 Å². The Balaban J connectivity index is 1.51. The summed E-state index contributed by atoms with van der Waals surface area (Å²) in [5.41, 5.74) is 8.09. The second-order valence-corrected chi connectivity index (χ2v) is 6.37. The fourth-order valence-electron chi connectivity index (χ4n) is 3.39. The predicted octanol–water partition coefficient (Wildman–Crippen LogP) is 2.49. The van der Waals surface area contributed by atoms with E-state index in [2.05, 4.69) is 27.3 Å². The van der Waals surface area contributed by atoms with Crippen molar-refractivity contribution in [3.05, 3.63) is 23.7 Å². The maximum absolute atomic E-state index is 5.94. The highest BCUT2D eigenvalue weighted by Gasteiger charge is 2.30. The zero-order chi connectivity index (χ0) is 14.2. The van der Waals surface area contributed by atoms with Gasteiger partial charge in [-0.15, -0.1) is 5.10 Å². The number of hydrogen-bond donors (Lipinski definition) is 1. The lowest BCUT2D eigenvalue weighted by Crippen LogP contribution is -2.14. The molecule has 0 atom stereocenters. The highest BCUT2D eigenvalue weighted by atomic mass is 15.5. The minimum Gasteiger partial charge on any atom is -0.381 e. The average molecular weight is 286 g/mol. The average Bonchev–Trinajstić information content (AvgIpc) is 3.12. The first-order valence-corrected chi connectivity index (χ1v) is 8.04. The van der Waals surface area contributed by atoms with E-state index in [0.29, 0.717) is 24.3 Å². The zero-order valence-corrected chi connectivity index (χ0v) is 12.3. The second-order valence-electron chi connectivity index (χ2n) is 6.37. The van der Waals surface area contributed by atoms with Gasteiger partial charge in [-0.2, -0.15) is 5.10 Å². The van der Waals surface area contributed by atoms with Gasteiger partial charge >= 0.3 is 0 Å². The number of hydrogen-bond acceptors (Lipinski definition) is 4. The molecule has 21 heavy (non-hydrogen) atoms. The summed E-state index contributed by atoms with van der Waals surface area (Å²) in [6.45, 7) is 0.676. The van der Waals surface area contributed by atoms with E-state index in [1.54, 1.807) is 0 Å². The standard InChI is InChI=1S/C15H22N6/c16-15-14(11-6-7-11)21(19-17-15)10-12-8-9-20(18-12)13-4-2-1-3-5-13/h8-9,11,13H,1-7,10,16H2. The Hall–Kier alpha value is -1.85. The molecule has 6 nitrogen and oxygen atoms in total. The monoisotopic (exact) mass is 286 g/mol. The molecule has 2 aliphatic rings. The Morgan fingerprint density at radius 3 is 2.71 bits per heavy atom. The molecular formula is C15H22N6. The zero-order valence-electron chi connectivity index (χ0n) is 12.3. The third-order valence-corrected chi connectivity index (χ3v) is 4.69. The van der Waals surface area contributed by atoms with Crippen LogP contribution in [0.5, 0.6) is 0 Å². The van der Waals surface area contributed by atoms with Gasteiger partial charge in [-0.25, -0.2) is 4.68 Å². The molecule has 6 heteroatoms. The maximum atomic E-state index is 5.94. The van der Waals surface area contributed by atoms with Gasteiger partial charge in [0.1, 0.15) is 0 Å². The van der Waals surface area contributed by atoms with Crippen LogP contribution >= 0.6 is 0 Å². The molecule has 2 N–H and O–H groups in total. The minimum atomic E-state index is 0.556. The molecule has 2 saturated carbocycles. The summed E-state index contributed by atoms with van der Waals surface area (Å²) in [5, 5.41) is 13.0. The van der Waals surface area contributed by atoms with Crippen LogP contribution < -0.4 is 5.73 Å². The predicted molar refractivity (Wildman–Crippen MR) is 79.9 cm³/mol. The van der Waals surface area contributed by atoms with E-state index in [9.17, 15) is 0 Å². The van der Waals surface area contributed by atoms with E-state index in [1.165, 1.54) is 44.9 Å². The van der Waals surface area contributed by atoms with Gasteiger partial charge in [0.25, 0.3) is 0 Å².